The molecule has 0 aliphatic carbocycles. The predicted octanol–water partition coefficient (Wildman–Crippen LogP) is 6.71. The molecule has 1 N–H and O–H groups in total. The maximum absolute atomic E-state index is 13.1. The average Bonchev–Trinajstić information content (AvgIpc) is 3.27. The fourth-order valence-electron chi connectivity index (χ4n) is 4.34. The zero-order chi connectivity index (χ0) is 25.3. The number of carbonyl (C=O) groups is 1. The van der Waals surface area contributed by atoms with Crippen LogP contribution in [0.25, 0.3) is 11.1 Å². The van der Waals surface area contributed by atoms with Crippen LogP contribution in [0.1, 0.15) is 27.0 Å². The highest BCUT2D eigenvalue weighted by molar-refractivity contribution is 6.04. The Morgan fingerprint density at radius 1 is 1.00 bits per heavy atom. The fourth-order valence-corrected chi connectivity index (χ4v) is 4.34. The van der Waals surface area contributed by atoms with Crippen LogP contribution in [-0.2, 0) is 19.0 Å². The van der Waals surface area contributed by atoms with Crippen molar-refractivity contribution in [3.8, 4) is 16.9 Å². The molecule has 2 heterocycles. The lowest BCUT2D eigenvalue weighted by atomic mass is 9.94. The van der Waals surface area contributed by atoms with Gasteiger partial charge in [0.15, 0.2) is 0 Å². The van der Waals surface area contributed by atoms with Crippen LogP contribution in [0.15, 0.2) is 85.1 Å². The van der Waals surface area contributed by atoms with Crippen LogP contribution < -0.4 is 10.1 Å². The van der Waals surface area contributed by atoms with Gasteiger partial charge >= 0.3 is 6.18 Å². The Hall–Kier alpha value is -4.20. The van der Waals surface area contributed by atoms with Crippen LogP contribution in [0.5, 0.6) is 5.75 Å². The number of ether oxygens (including phenoxy) is 1. The van der Waals surface area contributed by atoms with Crippen LogP contribution >= 0.6 is 0 Å². The van der Waals surface area contributed by atoms with Gasteiger partial charge in [0.2, 0.25) is 5.95 Å². The Labute approximate surface area is 204 Å². The summed E-state index contributed by atoms with van der Waals surface area (Å²) in [5.41, 5.74) is 3.29. The second-order valence-corrected chi connectivity index (χ2v) is 8.53. The number of pyridine rings is 1. The van der Waals surface area contributed by atoms with Crippen LogP contribution in [-0.4, -0.2) is 17.0 Å². The summed E-state index contributed by atoms with van der Waals surface area (Å²) in [5, 5.41) is 2.69. The van der Waals surface area contributed by atoms with Gasteiger partial charge in [-0.25, -0.2) is 4.98 Å². The fraction of sp³-hybridized carbons (Fsp3) is 0.143. The molecule has 1 aromatic heterocycles. The number of hydrogen-bond donors (Lipinski definition) is 1. The topological polar surface area (TPSA) is 51.2 Å². The molecule has 0 saturated carbocycles. The highest BCUT2D eigenvalue weighted by Crippen LogP contribution is 2.38. The average molecular weight is 492 g/mol. The molecule has 182 valence electrons. The number of nitrogens with one attached hydrogen (secondary N) is 1. The molecule has 0 spiro atoms. The number of halogens is 4. The maximum atomic E-state index is 13.1. The Balaban J connectivity index is 1.35. The van der Waals surface area contributed by atoms with Crippen molar-refractivity contribution >= 4 is 11.6 Å². The number of rotatable bonds is 5. The van der Waals surface area contributed by atoms with Gasteiger partial charge in [0, 0.05) is 24.0 Å². The number of carbonyl (C=O) groups excluding carboxylic acids is 1. The lowest BCUT2D eigenvalue weighted by molar-refractivity contribution is -0.137. The monoisotopic (exact) mass is 492 g/mol. The standard InChI is InChI=1S/C28H20F4N2O2/c29-26-11-10-21(16-33-26)34-27(35)19-6-2-5-18(14-19)23-8-3-9-25-24(23)15-22(36-25)13-17-4-1-7-20(12-17)28(30,31)32/h1-12,14,16,22H,13,15H2,(H,34,35). The smallest absolute Gasteiger partial charge is 0.416 e. The van der Waals surface area contributed by atoms with E-state index in [0.29, 0.717) is 35.4 Å². The van der Waals surface area contributed by atoms with Gasteiger partial charge in [-0.3, -0.25) is 4.79 Å². The first-order chi connectivity index (χ1) is 17.3. The number of alkyl halides is 3. The molecule has 0 fully saturated rings. The number of hydrogen-bond acceptors (Lipinski definition) is 3. The quantitative estimate of drug-likeness (QED) is 0.249. The lowest BCUT2D eigenvalue weighted by Crippen LogP contribution is -2.17. The molecule has 0 bridgehead atoms. The summed E-state index contributed by atoms with van der Waals surface area (Å²) in [6, 6.07) is 20.6. The molecule has 1 atom stereocenters. The molecular weight excluding hydrogens is 472 g/mol. The first-order valence-electron chi connectivity index (χ1n) is 11.2. The number of benzene rings is 3. The van der Waals surface area contributed by atoms with E-state index in [2.05, 4.69) is 10.3 Å². The summed E-state index contributed by atoms with van der Waals surface area (Å²) < 4.78 is 58.4. The number of amides is 1. The molecule has 0 saturated heterocycles. The molecular formula is C28H20F4N2O2. The third-order valence-electron chi connectivity index (χ3n) is 6.00. The Morgan fingerprint density at radius 2 is 1.81 bits per heavy atom. The summed E-state index contributed by atoms with van der Waals surface area (Å²) in [4.78, 5) is 16.3. The van der Waals surface area contributed by atoms with E-state index in [1.54, 1.807) is 24.3 Å². The van der Waals surface area contributed by atoms with Gasteiger partial charge in [-0.15, -0.1) is 0 Å². The van der Waals surface area contributed by atoms with E-state index < -0.39 is 17.7 Å². The van der Waals surface area contributed by atoms with E-state index in [-0.39, 0.29) is 12.0 Å². The van der Waals surface area contributed by atoms with Crippen molar-refractivity contribution in [1.82, 2.24) is 4.98 Å². The molecule has 4 aromatic rings. The summed E-state index contributed by atoms with van der Waals surface area (Å²) >= 11 is 0. The summed E-state index contributed by atoms with van der Waals surface area (Å²) in [6.07, 6.45) is -2.59. The molecule has 4 nitrogen and oxygen atoms in total. The molecule has 36 heavy (non-hydrogen) atoms. The zero-order valence-corrected chi connectivity index (χ0v) is 18.9. The second kappa shape index (κ2) is 9.45. The van der Waals surface area contributed by atoms with Gasteiger partial charge < -0.3 is 10.1 Å². The molecule has 1 amide bonds. The summed E-state index contributed by atoms with van der Waals surface area (Å²) in [7, 11) is 0. The highest BCUT2D eigenvalue weighted by atomic mass is 19.4. The van der Waals surface area contributed by atoms with E-state index >= 15 is 0 Å². The molecule has 3 aromatic carbocycles. The van der Waals surface area contributed by atoms with Gasteiger partial charge in [-0.2, -0.15) is 17.6 Å². The zero-order valence-electron chi connectivity index (χ0n) is 18.9. The van der Waals surface area contributed by atoms with E-state index in [0.717, 1.165) is 34.9 Å². The van der Waals surface area contributed by atoms with Crippen LogP contribution in [0.2, 0.25) is 0 Å². The number of nitrogens with zero attached hydrogens (tertiary/aromatic N) is 1. The number of anilines is 1. The third-order valence-corrected chi connectivity index (χ3v) is 6.00. The third kappa shape index (κ3) is 5.07. The Kier molecular flexibility index (Phi) is 6.18. The normalized spacial score (nSPS) is 14.7. The summed E-state index contributed by atoms with van der Waals surface area (Å²) in [5.74, 6) is -0.324. The minimum Gasteiger partial charge on any atom is -0.489 e. The van der Waals surface area contributed by atoms with Gasteiger partial charge in [0.25, 0.3) is 5.91 Å². The van der Waals surface area contributed by atoms with Gasteiger partial charge in [-0.05, 0) is 53.1 Å². The predicted molar refractivity (Wildman–Crippen MR) is 127 cm³/mol. The minimum absolute atomic E-state index is 0.304. The first-order valence-corrected chi connectivity index (χ1v) is 11.2. The summed E-state index contributed by atoms with van der Waals surface area (Å²) in [6.45, 7) is 0. The van der Waals surface area contributed by atoms with Gasteiger partial charge in [0.05, 0.1) is 17.4 Å². The molecule has 1 unspecified atom stereocenters. The van der Waals surface area contributed by atoms with Crippen molar-refractivity contribution in [3.63, 3.8) is 0 Å². The van der Waals surface area contributed by atoms with Crippen LogP contribution in [0, 0.1) is 5.95 Å². The first kappa shape index (κ1) is 23.5. The number of fused-ring (bicyclic) bond motifs is 1. The van der Waals surface area contributed by atoms with Crippen molar-refractivity contribution in [2.24, 2.45) is 0 Å². The van der Waals surface area contributed by atoms with Crippen LogP contribution in [0.3, 0.4) is 0 Å². The molecule has 8 heteroatoms. The molecule has 5 rings (SSSR count). The van der Waals surface area contributed by atoms with E-state index in [1.165, 1.54) is 18.3 Å². The second-order valence-electron chi connectivity index (χ2n) is 8.53. The van der Waals surface area contributed by atoms with Crippen molar-refractivity contribution < 1.29 is 27.1 Å². The van der Waals surface area contributed by atoms with Gasteiger partial charge in [-0.1, -0.05) is 42.5 Å². The molecule has 1 aliphatic rings. The van der Waals surface area contributed by atoms with E-state index in [9.17, 15) is 22.4 Å². The molecule has 0 radical (unpaired) electrons. The number of aromatic nitrogens is 1. The highest BCUT2D eigenvalue weighted by Gasteiger charge is 2.31. The van der Waals surface area contributed by atoms with Crippen molar-refractivity contribution in [1.29, 1.82) is 0 Å². The van der Waals surface area contributed by atoms with Crippen molar-refractivity contribution in [3.05, 3.63) is 113 Å². The van der Waals surface area contributed by atoms with Crippen LogP contribution in [0.4, 0.5) is 23.2 Å². The van der Waals surface area contributed by atoms with Crippen molar-refractivity contribution in [2.45, 2.75) is 25.1 Å². The van der Waals surface area contributed by atoms with E-state index in [4.69, 9.17) is 4.74 Å². The van der Waals surface area contributed by atoms with E-state index in [1.807, 2.05) is 24.3 Å². The largest absolute Gasteiger partial charge is 0.489 e. The lowest BCUT2D eigenvalue weighted by Gasteiger charge is -2.12. The SMILES string of the molecule is O=C(Nc1ccc(F)nc1)c1cccc(-c2cccc3c2CC(Cc2cccc(C(F)(F)F)c2)O3)c1. The maximum Gasteiger partial charge on any atom is 0.416 e. The minimum atomic E-state index is -4.40. The molecule has 1 aliphatic heterocycles. The Bertz CT molecular complexity index is 1420. The Morgan fingerprint density at radius 3 is 2.58 bits per heavy atom. The van der Waals surface area contributed by atoms with Gasteiger partial charge in [0.1, 0.15) is 11.9 Å². The van der Waals surface area contributed by atoms with Crippen molar-refractivity contribution in [2.75, 3.05) is 5.32 Å².